The lowest BCUT2D eigenvalue weighted by Crippen LogP contribution is -2.52. The molecule has 0 aliphatic carbocycles. The van der Waals surface area contributed by atoms with Crippen LogP contribution in [0.3, 0.4) is 0 Å². The van der Waals surface area contributed by atoms with Gasteiger partial charge < -0.3 is 21.1 Å². The third-order valence-electron chi connectivity index (χ3n) is 5.81. The van der Waals surface area contributed by atoms with Gasteiger partial charge in [-0.3, -0.25) is 0 Å². The van der Waals surface area contributed by atoms with Gasteiger partial charge in [-0.25, -0.2) is 0 Å². The minimum absolute atomic E-state index is 0.173. The summed E-state index contributed by atoms with van der Waals surface area (Å²) in [6, 6.07) is 8.12. The molecule has 0 aliphatic heterocycles. The highest BCUT2D eigenvalue weighted by Gasteiger charge is 2.35. The van der Waals surface area contributed by atoms with Crippen LogP contribution in [0.25, 0.3) is 0 Å². The summed E-state index contributed by atoms with van der Waals surface area (Å²) in [7, 11) is 1.73. The zero-order valence-corrected chi connectivity index (χ0v) is 24.4. The van der Waals surface area contributed by atoms with E-state index in [1.54, 1.807) is 7.05 Å². The molecule has 35 heavy (non-hydrogen) atoms. The first-order valence-electron chi connectivity index (χ1n) is 11.8. The van der Waals surface area contributed by atoms with E-state index in [1.165, 1.54) is 5.56 Å². The van der Waals surface area contributed by atoms with E-state index in [1.807, 2.05) is 39.8 Å². The molecule has 0 saturated carbocycles. The Kier molecular flexibility index (Phi) is 12.0. The Bertz CT molecular complexity index is 944. The zero-order valence-electron chi connectivity index (χ0n) is 22.6. The number of rotatable bonds is 10. The molecule has 0 bridgehead atoms. The van der Waals surface area contributed by atoms with Gasteiger partial charge in [0.25, 0.3) is 0 Å². The molecule has 0 aromatic heterocycles. The molecule has 196 valence electrons. The van der Waals surface area contributed by atoms with E-state index >= 15 is 0 Å². The van der Waals surface area contributed by atoms with Gasteiger partial charge in [-0.05, 0) is 46.1 Å². The van der Waals surface area contributed by atoms with E-state index in [2.05, 4.69) is 96.1 Å². The van der Waals surface area contributed by atoms with Crippen molar-refractivity contribution in [2.24, 2.45) is 31.6 Å². The number of nitrogens with two attached hydrogens (primary N) is 1. The lowest BCUT2D eigenvalue weighted by Gasteiger charge is -2.39. The summed E-state index contributed by atoms with van der Waals surface area (Å²) < 4.78 is 5.97. The van der Waals surface area contributed by atoms with Crippen molar-refractivity contribution in [1.29, 1.82) is 0 Å². The van der Waals surface area contributed by atoms with E-state index in [9.17, 15) is 0 Å². The highest BCUT2D eigenvalue weighted by molar-refractivity contribution is 7.97. The first kappa shape index (κ1) is 31.2. The Morgan fingerprint density at radius 2 is 1.51 bits per heavy atom. The van der Waals surface area contributed by atoms with Crippen molar-refractivity contribution in [3.8, 4) is 0 Å². The summed E-state index contributed by atoms with van der Waals surface area (Å²) in [5.74, 6) is 0. The van der Waals surface area contributed by atoms with E-state index in [0.29, 0.717) is 34.8 Å². The second-order valence-electron chi connectivity index (χ2n) is 10.2. The van der Waals surface area contributed by atoms with E-state index < -0.39 is 5.72 Å². The molecule has 0 heterocycles. The van der Waals surface area contributed by atoms with Gasteiger partial charge in [0.15, 0.2) is 10.3 Å². The van der Waals surface area contributed by atoms with E-state index in [-0.39, 0.29) is 11.0 Å². The predicted molar refractivity (Wildman–Crippen MR) is 157 cm³/mol. The second-order valence-corrected chi connectivity index (χ2v) is 11.1. The molecule has 0 amide bonds. The van der Waals surface area contributed by atoms with Crippen LogP contribution in [-0.2, 0) is 11.2 Å². The number of thiol groups is 2. The van der Waals surface area contributed by atoms with Crippen LogP contribution in [0.15, 0.2) is 44.7 Å². The quantitative estimate of drug-likeness (QED) is 0.102. The highest BCUT2D eigenvalue weighted by atomic mass is 32.1. The lowest BCUT2D eigenvalue weighted by atomic mass is 9.85. The Morgan fingerprint density at radius 1 is 0.943 bits per heavy atom. The summed E-state index contributed by atoms with van der Waals surface area (Å²) in [6.07, 6.45) is 1.66. The van der Waals surface area contributed by atoms with Crippen LogP contribution >= 0.6 is 25.3 Å². The average molecular weight is 522 g/mol. The van der Waals surface area contributed by atoms with Gasteiger partial charge in [0.2, 0.25) is 0 Å². The van der Waals surface area contributed by atoms with Crippen molar-refractivity contribution < 1.29 is 4.74 Å². The Balaban J connectivity index is 3.00. The van der Waals surface area contributed by atoms with Gasteiger partial charge in [0.05, 0.1) is 12.3 Å². The molecule has 10 heteroatoms. The van der Waals surface area contributed by atoms with Crippen LogP contribution in [0.5, 0.6) is 0 Å². The maximum Gasteiger partial charge on any atom is 0.180 e. The molecule has 8 nitrogen and oxygen atoms in total. The third kappa shape index (κ3) is 10.7. The number of amidine groups is 2. The smallest absolute Gasteiger partial charge is 0.180 e. The third-order valence-corrected chi connectivity index (χ3v) is 6.32. The largest absolute Gasteiger partial charge is 0.366 e. The molecule has 1 aromatic rings. The molecule has 4 N–H and O–H groups in total. The molecular weight excluding hydrogens is 478 g/mol. The van der Waals surface area contributed by atoms with Gasteiger partial charge in [-0.2, -0.15) is 5.10 Å². The van der Waals surface area contributed by atoms with Gasteiger partial charge in [-0.1, -0.05) is 52.0 Å². The molecule has 1 aromatic carbocycles. The van der Waals surface area contributed by atoms with Crippen LogP contribution in [0.2, 0.25) is 0 Å². The van der Waals surface area contributed by atoms with Crippen LogP contribution in [-0.4, -0.2) is 46.7 Å². The van der Waals surface area contributed by atoms with Gasteiger partial charge in [0, 0.05) is 23.6 Å². The second kappa shape index (κ2) is 13.4. The van der Waals surface area contributed by atoms with Crippen molar-refractivity contribution in [2.45, 2.75) is 79.5 Å². The van der Waals surface area contributed by atoms with Gasteiger partial charge >= 0.3 is 0 Å². The number of nitrogens with zero attached hydrogens (tertiary/aromatic N) is 4. The minimum atomic E-state index is -0.726. The van der Waals surface area contributed by atoms with Crippen LogP contribution in [0.4, 0.5) is 0 Å². The summed E-state index contributed by atoms with van der Waals surface area (Å²) in [6.45, 7) is 16.6. The maximum atomic E-state index is 6.32. The molecule has 1 rings (SSSR count). The van der Waals surface area contributed by atoms with Crippen LogP contribution in [0, 0.1) is 5.41 Å². The molecule has 0 aliphatic rings. The summed E-state index contributed by atoms with van der Waals surface area (Å²) in [5, 5.41) is 24.0. The fourth-order valence-electron chi connectivity index (χ4n) is 2.68. The predicted octanol–water partition coefficient (Wildman–Crippen LogP) is 4.62. The molecule has 1 unspecified atom stereocenters. The van der Waals surface area contributed by atoms with E-state index in [4.69, 9.17) is 10.5 Å². The topological polar surface area (TPSA) is 109 Å². The van der Waals surface area contributed by atoms with Crippen molar-refractivity contribution in [3.05, 3.63) is 35.4 Å². The summed E-state index contributed by atoms with van der Waals surface area (Å²) in [4.78, 5) is 0. The van der Waals surface area contributed by atoms with Crippen molar-refractivity contribution in [3.63, 3.8) is 0 Å². The number of ether oxygens (including phenoxy) is 1. The molecular formula is C25H43N7OS2. The van der Waals surface area contributed by atoms with Gasteiger partial charge in [0.1, 0.15) is 11.4 Å². The number of benzene rings is 1. The molecule has 0 fully saturated rings. The number of hydrogen-bond donors (Lipinski definition) is 5. The minimum Gasteiger partial charge on any atom is -0.366 e. The van der Waals surface area contributed by atoms with Gasteiger partial charge in [-0.15, -0.1) is 40.6 Å². The summed E-state index contributed by atoms with van der Waals surface area (Å²) in [5.41, 5.74) is 8.40. The summed E-state index contributed by atoms with van der Waals surface area (Å²) >= 11 is 8.72. The lowest BCUT2D eigenvalue weighted by molar-refractivity contribution is -0.103. The zero-order chi connectivity index (χ0) is 26.9. The maximum absolute atomic E-state index is 6.32. The molecule has 0 radical (unpaired) electrons. The molecule has 0 saturated heterocycles. The standard InChI is InChI=1S/C25H43N7OS2/c1-10-18-11-13-19(14-12-18)20(30-31-21(34)27-9)17(2)29-32-22(35)28-24(6,7)15-16-33-25(8,26)23(3,4)5/h11-14H,10,15-16,26H2,1-9H3,(H2,27,31,34)(H2,28,32,35)/b29-17+,30-20-. The Morgan fingerprint density at radius 3 is 2.03 bits per heavy atom. The van der Waals surface area contributed by atoms with Crippen molar-refractivity contribution in [2.75, 3.05) is 13.7 Å². The van der Waals surface area contributed by atoms with E-state index in [0.717, 1.165) is 12.0 Å². The highest BCUT2D eigenvalue weighted by Crippen LogP contribution is 2.29. The van der Waals surface area contributed by atoms with Crippen LogP contribution in [0.1, 0.15) is 72.9 Å². The normalized spacial score (nSPS) is 16.2. The monoisotopic (exact) mass is 521 g/mol. The fraction of sp³-hybridized carbons (Fsp3) is 0.600. The molecule has 1 atom stereocenters. The number of nitrogens with one attached hydrogen (secondary N) is 2. The first-order chi connectivity index (χ1) is 16.1. The SMILES string of the molecule is CCc1ccc(C(=N\N=C(/S)NC)/C(C)=N/N=C(\S)NC(C)(C)CCOC(C)(N)C(C)(C)C)cc1. The first-order valence-corrected chi connectivity index (χ1v) is 12.7. The number of hydrogen-bond acceptors (Lipinski definition) is 6. The Hall–Kier alpha value is -1.88. The number of aryl methyl sites for hydroxylation is 1. The average Bonchev–Trinajstić information content (AvgIpc) is 2.76. The fourth-order valence-corrected chi connectivity index (χ4v) is 3.07. The Labute approximate surface area is 222 Å². The van der Waals surface area contributed by atoms with Crippen LogP contribution < -0.4 is 16.4 Å². The molecule has 0 spiro atoms. The van der Waals surface area contributed by atoms with Crippen molar-refractivity contribution >= 4 is 47.0 Å². The van der Waals surface area contributed by atoms with Crippen molar-refractivity contribution in [1.82, 2.24) is 10.6 Å².